The summed E-state index contributed by atoms with van der Waals surface area (Å²) in [7, 11) is 0. The summed E-state index contributed by atoms with van der Waals surface area (Å²) in [6.07, 6.45) is 0. The Balaban J connectivity index is 1.96. The van der Waals surface area contributed by atoms with Crippen LogP contribution in [-0.4, -0.2) is 41.5 Å². The van der Waals surface area contributed by atoms with E-state index in [4.69, 9.17) is 17.3 Å². The van der Waals surface area contributed by atoms with Gasteiger partial charge in [0, 0.05) is 54.5 Å². The molecule has 1 aliphatic heterocycles. The van der Waals surface area contributed by atoms with E-state index in [1.165, 1.54) is 0 Å². The van der Waals surface area contributed by atoms with E-state index in [0.29, 0.717) is 0 Å². The Bertz CT molecular complexity index is 411. The van der Waals surface area contributed by atoms with Gasteiger partial charge in [-0.1, -0.05) is 17.7 Å². The van der Waals surface area contributed by atoms with Crippen molar-refractivity contribution in [3.8, 4) is 0 Å². The van der Waals surface area contributed by atoms with E-state index in [0.717, 1.165) is 49.0 Å². The third kappa shape index (κ3) is 3.62. The van der Waals surface area contributed by atoms with E-state index >= 15 is 0 Å². The minimum absolute atomic E-state index is 0.259. The molecule has 0 aromatic heterocycles. The zero-order chi connectivity index (χ0) is 14.0. The van der Waals surface area contributed by atoms with Crippen molar-refractivity contribution < 1.29 is 0 Å². The minimum Gasteiger partial charge on any atom is -0.398 e. The van der Waals surface area contributed by atoms with Crippen molar-refractivity contribution in [2.24, 2.45) is 0 Å². The first-order valence-electron chi connectivity index (χ1n) is 6.88. The van der Waals surface area contributed by atoms with Gasteiger partial charge in [-0.3, -0.25) is 9.80 Å². The van der Waals surface area contributed by atoms with E-state index < -0.39 is 0 Å². The van der Waals surface area contributed by atoms with Crippen LogP contribution in [0.5, 0.6) is 0 Å². The lowest BCUT2D eigenvalue weighted by Gasteiger charge is -2.42. The van der Waals surface area contributed by atoms with E-state index in [1.54, 1.807) is 0 Å². The highest BCUT2D eigenvalue weighted by Gasteiger charge is 2.26. The van der Waals surface area contributed by atoms with Gasteiger partial charge in [-0.2, -0.15) is 0 Å². The molecule has 19 heavy (non-hydrogen) atoms. The van der Waals surface area contributed by atoms with Crippen molar-refractivity contribution >= 4 is 17.3 Å². The maximum absolute atomic E-state index is 6.23. The quantitative estimate of drug-likeness (QED) is 0.846. The molecule has 1 fully saturated rings. The Morgan fingerprint density at radius 2 is 1.79 bits per heavy atom. The summed E-state index contributed by atoms with van der Waals surface area (Å²) in [6.45, 7) is 12.0. The Labute approximate surface area is 121 Å². The summed E-state index contributed by atoms with van der Waals surface area (Å²) >= 11 is 6.23. The molecule has 1 aromatic rings. The lowest BCUT2D eigenvalue weighted by Crippen LogP contribution is -2.53. The zero-order valence-corrected chi connectivity index (χ0v) is 12.9. The topological polar surface area (TPSA) is 32.5 Å². The maximum Gasteiger partial charge on any atom is 0.0471 e. The van der Waals surface area contributed by atoms with Gasteiger partial charge in [-0.25, -0.2) is 0 Å². The number of rotatable bonds is 2. The molecular formula is C15H24ClN3. The summed E-state index contributed by atoms with van der Waals surface area (Å²) in [5.74, 6) is 0. The predicted octanol–water partition coefficient (Wildman–Crippen LogP) is 2.84. The molecule has 0 unspecified atom stereocenters. The molecule has 0 spiro atoms. The van der Waals surface area contributed by atoms with Crippen LogP contribution >= 0.6 is 11.6 Å². The second kappa shape index (κ2) is 5.70. The molecule has 2 rings (SSSR count). The smallest absolute Gasteiger partial charge is 0.0471 e. The van der Waals surface area contributed by atoms with Gasteiger partial charge in [-0.15, -0.1) is 0 Å². The van der Waals surface area contributed by atoms with Crippen molar-refractivity contribution in [2.75, 3.05) is 31.9 Å². The molecule has 1 aliphatic rings. The van der Waals surface area contributed by atoms with Crippen LogP contribution in [0.2, 0.25) is 5.02 Å². The average Bonchev–Trinajstić information content (AvgIpc) is 2.33. The third-order valence-electron chi connectivity index (χ3n) is 3.86. The van der Waals surface area contributed by atoms with E-state index in [1.807, 2.05) is 18.2 Å². The highest BCUT2D eigenvalue weighted by molar-refractivity contribution is 6.31. The molecular weight excluding hydrogens is 258 g/mol. The van der Waals surface area contributed by atoms with Gasteiger partial charge < -0.3 is 5.73 Å². The molecule has 0 bridgehead atoms. The lowest BCUT2D eigenvalue weighted by atomic mass is 10.0. The van der Waals surface area contributed by atoms with Gasteiger partial charge in [0.25, 0.3) is 0 Å². The number of nitrogens with zero attached hydrogens (tertiary/aromatic N) is 2. The fourth-order valence-electron chi connectivity index (χ4n) is 2.54. The van der Waals surface area contributed by atoms with Crippen molar-refractivity contribution in [3.05, 3.63) is 28.8 Å². The summed E-state index contributed by atoms with van der Waals surface area (Å²) < 4.78 is 0. The molecule has 4 heteroatoms. The second-order valence-corrected chi connectivity index (χ2v) is 6.65. The fourth-order valence-corrected chi connectivity index (χ4v) is 2.78. The Kier molecular flexibility index (Phi) is 4.39. The monoisotopic (exact) mass is 281 g/mol. The summed E-state index contributed by atoms with van der Waals surface area (Å²) in [4.78, 5) is 4.96. The molecule has 106 valence electrons. The molecule has 1 saturated heterocycles. The highest BCUT2D eigenvalue weighted by Crippen LogP contribution is 2.24. The van der Waals surface area contributed by atoms with Crippen molar-refractivity contribution in [1.82, 2.24) is 9.80 Å². The fraction of sp³-hybridized carbons (Fsp3) is 0.600. The standard InChI is InChI=1S/C15H24ClN3/c1-15(2,3)19-9-7-18(8-10-19)11-12-13(16)5-4-6-14(12)17/h4-6H,7-11,17H2,1-3H3. The number of nitrogens with two attached hydrogens (primary N) is 1. The zero-order valence-electron chi connectivity index (χ0n) is 12.1. The van der Waals surface area contributed by atoms with Gasteiger partial charge in [-0.05, 0) is 32.9 Å². The molecule has 0 radical (unpaired) electrons. The maximum atomic E-state index is 6.23. The SMILES string of the molecule is CC(C)(C)N1CCN(Cc2c(N)cccc2Cl)CC1. The Morgan fingerprint density at radius 1 is 1.16 bits per heavy atom. The number of hydrogen-bond acceptors (Lipinski definition) is 3. The van der Waals surface area contributed by atoms with E-state index in [9.17, 15) is 0 Å². The molecule has 0 saturated carbocycles. The van der Waals surface area contributed by atoms with Gasteiger partial charge in [0.15, 0.2) is 0 Å². The highest BCUT2D eigenvalue weighted by atomic mass is 35.5. The molecule has 1 heterocycles. The van der Waals surface area contributed by atoms with Crippen molar-refractivity contribution in [2.45, 2.75) is 32.9 Å². The van der Waals surface area contributed by atoms with Crippen LogP contribution in [0.15, 0.2) is 18.2 Å². The number of anilines is 1. The van der Waals surface area contributed by atoms with Crippen LogP contribution in [0.3, 0.4) is 0 Å². The number of nitrogen functional groups attached to an aromatic ring is 1. The first-order chi connectivity index (χ1) is 8.88. The summed E-state index contributed by atoms with van der Waals surface area (Å²) in [5, 5.41) is 0.776. The normalized spacial score (nSPS) is 18.7. The average molecular weight is 282 g/mol. The molecule has 2 N–H and O–H groups in total. The third-order valence-corrected chi connectivity index (χ3v) is 4.21. The number of hydrogen-bond donors (Lipinski definition) is 1. The van der Waals surface area contributed by atoms with Gasteiger partial charge >= 0.3 is 0 Å². The Hall–Kier alpha value is -0.770. The number of piperazine rings is 1. The number of halogens is 1. The van der Waals surface area contributed by atoms with Gasteiger partial charge in [0.05, 0.1) is 0 Å². The number of benzene rings is 1. The van der Waals surface area contributed by atoms with Gasteiger partial charge in [0.2, 0.25) is 0 Å². The Morgan fingerprint density at radius 3 is 2.32 bits per heavy atom. The molecule has 1 aromatic carbocycles. The van der Waals surface area contributed by atoms with Crippen LogP contribution in [0, 0.1) is 0 Å². The second-order valence-electron chi connectivity index (χ2n) is 6.24. The summed E-state index contributed by atoms with van der Waals surface area (Å²) in [5.41, 5.74) is 8.13. The van der Waals surface area contributed by atoms with Crippen molar-refractivity contribution in [3.63, 3.8) is 0 Å². The van der Waals surface area contributed by atoms with Crippen LogP contribution in [-0.2, 0) is 6.54 Å². The van der Waals surface area contributed by atoms with Crippen LogP contribution in [0.25, 0.3) is 0 Å². The molecule has 3 nitrogen and oxygen atoms in total. The predicted molar refractivity (Wildman–Crippen MR) is 82.5 cm³/mol. The lowest BCUT2D eigenvalue weighted by molar-refractivity contribution is 0.0592. The van der Waals surface area contributed by atoms with Crippen LogP contribution in [0.1, 0.15) is 26.3 Å². The first-order valence-corrected chi connectivity index (χ1v) is 7.26. The van der Waals surface area contributed by atoms with Crippen molar-refractivity contribution in [1.29, 1.82) is 0 Å². The molecule has 0 atom stereocenters. The minimum atomic E-state index is 0.259. The van der Waals surface area contributed by atoms with E-state index in [-0.39, 0.29) is 5.54 Å². The summed E-state index contributed by atoms with van der Waals surface area (Å²) in [6, 6.07) is 5.74. The first kappa shape index (κ1) is 14.6. The molecule has 0 aliphatic carbocycles. The van der Waals surface area contributed by atoms with Crippen LogP contribution < -0.4 is 5.73 Å². The van der Waals surface area contributed by atoms with Gasteiger partial charge in [0.1, 0.15) is 0 Å². The van der Waals surface area contributed by atoms with E-state index in [2.05, 4.69) is 30.6 Å². The van der Waals surface area contributed by atoms with Crippen LogP contribution in [0.4, 0.5) is 5.69 Å². The largest absolute Gasteiger partial charge is 0.398 e. The molecule has 0 amide bonds.